The number of likely N-dealkylation sites (tertiary alicyclic amines) is 1. The van der Waals surface area contributed by atoms with Crippen molar-refractivity contribution in [3.05, 3.63) is 53.7 Å². The Kier molecular flexibility index (Phi) is 4.99. The fourth-order valence-corrected chi connectivity index (χ4v) is 2.84. The summed E-state index contributed by atoms with van der Waals surface area (Å²) in [5, 5.41) is 2.99. The van der Waals surface area contributed by atoms with Gasteiger partial charge in [0.1, 0.15) is 6.10 Å². The van der Waals surface area contributed by atoms with E-state index in [1.165, 1.54) is 0 Å². The van der Waals surface area contributed by atoms with Crippen molar-refractivity contribution >= 4 is 11.7 Å². The minimum absolute atomic E-state index is 0.0450. The number of carbonyl (C=O) groups is 1. The van der Waals surface area contributed by atoms with Crippen molar-refractivity contribution in [2.75, 3.05) is 18.4 Å². The van der Waals surface area contributed by atoms with Crippen LogP contribution in [0.4, 0.5) is 10.5 Å². The minimum Gasteiger partial charge on any atom is -0.474 e. The van der Waals surface area contributed by atoms with Gasteiger partial charge in [-0.1, -0.05) is 24.3 Å². The van der Waals surface area contributed by atoms with E-state index in [0.29, 0.717) is 19.0 Å². The second-order valence-electron chi connectivity index (χ2n) is 6.17. The number of hydrogen-bond acceptors (Lipinski definition) is 3. The van der Waals surface area contributed by atoms with E-state index in [0.717, 1.165) is 29.8 Å². The number of urea groups is 1. The molecule has 0 spiro atoms. The van der Waals surface area contributed by atoms with Crippen molar-refractivity contribution in [1.82, 2.24) is 9.88 Å². The van der Waals surface area contributed by atoms with Crippen LogP contribution in [0, 0.1) is 13.8 Å². The van der Waals surface area contributed by atoms with Gasteiger partial charge in [-0.25, -0.2) is 9.78 Å². The molecule has 5 nitrogen and oxygen atoms in total. The third-order valence-electron chi connectivity index (χ3n) is 4.27. The van der Waals surface area contributed by atoms with Gasteiger partial charge in [-0.2, -0.15) is 0 Å². The number of nitrogens with zero attached hydrogens (tertiary/aromatic N) is 2. The number of anilines is 1. The van der Waals surface area contributed by atoms with Crippen molar-refractivity contribution in [2.24, 2.45) is 0 Å². The van der Waals surface area contributed by atoms with Gasteiger partial charge in [0.25, 0.3) is 0 Å². The summed E-state index contributed by atoms with van der Waals surface area (Å²) in [5.74, 6) is 0.665. The summed E-state index contributed by atoms with van der Waals surface area (Å²) in [6, 6.07) is 13.5. The zero-order valence-corrected chi connectivity index (χ0v) is 14.2. The molecule has 126 valence electrons. The molecule has 1 saturated heterocycles. The predicted octanol–water partition coefficient (Wildman–Crippen LogP) is 3.77. The van der Waals surface area contributed by atoms with Gasteiger partial charge in [-0.05, 0) is 31.5 Å². The van der Waals surface area contributed by atoms with Crippen molar-refractivity contribution in [2.45, 2.75) is 32.8 Å². The Morgan fingerprint density at radius 2 is 1.88 bits per heavy atom. The second kappa shape index (κ2) is 7.34. The van der Waals surface area contributed by atoms with Crippen LogP contribution in [-0.2, 0) is 0 Å². The lowest BCUT2D eigenvalue weighted by atomic mass is 10.1. The highest BCUT2D eigenvalue weighted by atomic mass is 16.5. The third kappa shape index (κ3) is 4.04. The van der Waals surface area contributed by atoms with E-state index in [-0.39, 0.29) is 12.1 Å². The number of para-hydroxylation sites is 1. The standard InChI is InChI=1S/C19H23N3O2/c1-14-6-3-4-8-17(14)21-19(23)22-12-10-16(11-13-22)24-18-9-5-7-15(2)20-18/h3-9,16H,10-13H2,1-2H3,(H,21,23). The highest BCUT2D eigenvalue weighted by molar-refractivity contribution is 5.90. The monoisotopic (exact) mass is 325 g/mol. The van der Waals surface area contributed by atoms with Crippen LogP contribution < -0.4 is 10.1 Å². The number of aryl methyl sites for hydroxylation is 2. The van der Waals surface area contributed by atoms with Crippen LogP contribution in [0.1, 0.15) is 24.1 Å². The molecule has 0 aliphatic carbocycles. The topological polar surface area (TPSA) is 54.5 Å². The molecule has 1 N–H and O–H groups in total. The largest absolute Gasteiger partial charge is 0.474 e. The Balaban J connectivity index is 1.51. The fraction of sp³-hybridized carbons (Fsp3) is 0.368. The average Bonchev–Trinajstić information content (AvgIpc) is 2.57. The molecule has 0 unspecified atom stereocenters. The lowest BCUT2D eigenvalue weighted by Crippen LogP contribution is -2.43. The molecule has 2 aromatic rings. The van der Waals surface area contributed by atoms with E-state index in [9.17, 15) is 4.79 Å². The molecule has 24 heavy (non-hydrogen) atoms. The number of carbonyl (C=O) groups excluding carboxylic acids is 1. The number of piperidine rings is 1. The Morgan fingerprint density at radius 3 is 2.58 bits per heavy atom. The summed E-state index contributed by atoms with van der Waals surface area (Å²) in [7, 11) is 0. The summed E-state index contributed by atoms with van der Waals surface area (Å²) in [5.41, 5.74) is 2.88. The van der Waals surface area contributed by atoms with Gasteiger partial charge in [0.05, 0.1) is 0 Å². The summed E-state index contributed by atoms with van der Waals surface area (Å²) >= 11 is 0. The Bertz CT molecular complexity index is 709. The van der Waals surface area contributed by atoms with Crippen molar-refractivity contribution in [1.29, 1.82) is 0 Å². The van der Waals surface area contributed by atoms with Crippen molar-refractivity contribution in [3.63, 3.8) is 0 Å². The van der Waals surface area contributed by atoms with Crippen LogP contribution in [0.25, 0.3) is 0 Å². The van der Waals surface area contributed by atoms with Gasteiger partial charge < -0.3 is 15.0 Å². The molecule has 1 aromatic heterocycles. The summed E-state index contributed by atoms with van der Waals surface area (Å²) in [4.78, 5) is 18.6. The molecule has 1 aliphatic rings. The molecule has 1 fully saturated rings. The van der Waals surface area contributed by atoms with Gasteiger partial charge >= 0.3 is 6.03 Å². The molecule has 3 rings (SSSR count). The molecule has 1 aromatic carbocycles. The van der Waals surface area contributed by atoms with Crippen LogP contribution >= 0.6 is 0 Å². The molecular formula is C19H23N3O2. The van der Waals surface area contributed by atoms with Crippen molar-refractivity contribution in [3.8, 4) is 5.88 Å². The van der Waals surface area contributed by atoms with E-state index in [1.54, 1.807) is 0 Å². The maximum atomic E-state index is 12.4. The first-order valence-corrected chi connectivity index (χ1v) is 8.34. The Morgan fingerprint density at radius 1 is 1.12 bits per heavy atom. The second-order valence-corrected chi connectivity index (χ2v) is 6.17. The van der Waals surface area contributed by atoms with Crippen LogP contribution in [0.15, 0.2) is 42.5 Å². The smallest absolute Gasteiger partial charge is 0.321 e. The maximum Gasteiger partial charge on any atom is 0.321 e. The quantitative estimate of drug-likeness (QED) is 0.934. The molecular weight excluding hydrogens is 302 g/mol. The van der Waals surface area contributed by atoms with Gasteiger partial charge in [0.15, 0.2) is 0 Å². The fourth-order valence-electron chi connectivity index (χ4n) is 2.84. The lowest BCUT2D eigenvalue weighted by Gasteiger charge is -2.32. The minimum atomic E-state index is -0.0450. The van der Waals surface area contributed by atoms with E-state index >= 15 is 0 Å². The van der Waals surface area contributed by atoms with E-state index in [2.05, 4.69) is 10.3 Å². The normalized spacial score (nSPS) is 15.2. The third-order valence-corrected chi connectivity index (χ3v) is 4.27. The molecule has 0 saturated carbocycles. The molecule has 5 heteroatoms. The van der Waals surface area contributed by atoms with Crippen LogP contribution in [0.2, 0.25) is 0 Å². The first kappa shape index (κ1) is 16.3. The molecule has 0 atom stereocenters. The number of ether oxygens (including phenoxy) is 1. The SMILES string of the molecule is Cc1cccc(OC2CCN(C(=O)Nc3ccccc3C)CC2)n1. The highest BCUT2D eigenvalue weighted by Crippen LogP contribution is 2.19. The van der Waals surface area contributed by atoms with Gasteiger partial charge in [0.2, 0.25) is 5.88 Å². The zero-order valence-electron chi connectivity index (χ0n) is 14.2. The molecule has 1 aliphatic heterocycles. The Labute approximate surface area is 142 Å². The van der Waals surface area contributed by atoms with Gasteiger partial charge in [0, 0.05) is 43.4 Å². The number of benzene rings is 1. The van der Waals surface area contributed by atoms with E-state index in [1.807, 2.05) is 61.2 Å². The number of amides is 2. The average molecular weight is 325 g/mol. The van der Waals surface area contributed by atoms with Crippen molar-refractivity contribution < 1.29 is 9.53 Å². The van der Waals surface area contributed by atoms with E-state index in [4.69, 9.17) is 4.74 Å². The van der Waals surface area contributed by atoms with Crippen LogP contribution in [0.3, 0.4) is 0 Å². The first-order chi connectivity index (χ1) is 11.6. The predicted molar refractivity (Wildman–Crippen MR) is 94.4 cm³/mol. The van der Waals surface area contributed by atoms with E-state index < -0.39 is 0 Å². The summed E-state index contributed by atoms with van der Waals surface area (Å²) in [6.45, 7) is 5.32. The highest BCUT2D eigenvalue weighted by Gasteiger charge is 2.24. The number of nitrogens with one attached hydrogen (secondary N) is 1. The lowest BCUT2D eigenvalue weighted by molar-refractivity contribution is 0.111. The zero-order chi connectivity index (χ0) is 16.9. The number of pyridine rings is 1. The first-order valence-electron chi connectivity index (χ1n) is 8.34. The molecule has 0 bridgehead atoms. The molecule has 0 radical (unpaired) electrons. The summed E-state index contributed by atoms with van der Waals surface area (Å²) < 4.78 is 5.93. The van der Waals surface area contributed by atoms with Crippen LogP contribution in [-0.4, -0.2) is 35.1 Å². The number of aromatic nitrogens is 1. The molecule has 2 heterocycles. The Hall–Kier alpha value is -2.56. The summed E-state index contributed by atoms with van der Waals surface area (Å²) in [6.07, 6.45) is 1.75. The molecule has 2 amide bonds. The van der Waals surface area contributed by atoms with Crippen LogP contribution in [0.5, 0.6) is 5.88 Å². The maximum absolute atomic E-state index is 12.4. The number of hydrogen-bond donors (Lipinski definition) is 1. The van der Waals surface area contributed by atoms with Gasteiger partial charge in [-0.15, -0.1) is 0 Å². The number of rotatable bonds is 3. The van der Waals surface area contributed by atoms with Gasteiger partial charge in [-0.3, -0.25) is 0 Å².